The van der Waals surface area contributed by atoms with Crippen molar-refractivity contribution in [2.45, 2.75) is 104 Å². The maximum Gasteiger partial charge on any atom is 0.0367 e. The lowest BCUT2D eigenvalue weighted by molar-refractivity contribution is 0.339. The number of hydrogen-bond donors (Lipinski definition) is 2. The van der Waals surface area contributed by atoms with Crippen molar-refractivity contribution in [3.63, 3.8) is 0 Å². The SMILES string of the molecule is CCCCC(NC(C)(C)C)c1ccccc1CC(NC(C)(C)C)c1ccccc1C. The van der Waals surface area contributed by atoms with E-state index in [1.54, 1.807) is 0 Å². The summed E-state index contributed by atoms with van der Waals surface area (Å²) < 4.78 is 0. The molecule has 2 rings (SSSR count). The molecule has 0 heterocycles. The van der Waals surface area contributed by atoms with Gasteiger partial charge in [-0.1, -0.05) is 68.3 Å². The predicted octanol–water partition coefficient (Wildman–Crippen LogP) is 7.29. The summed E-state index contributed by atoms with van der Waals surface area (Å²) in [6, 6.07) is 18.5. The van der Waals surface area contributed by atoms with Gasteiger partial charge in [0.15, 0.2) is 0 Å². The summed E-state index contributed by atoms with van der Waals surface area (Å²) in [4.78, 5) is 0. The zero-order valence-corrected chi connectivity index (χ0v) is 20.6. The molecule has 0 aromatic heterocycles. The zero-order valence-electron chi connectivity index (χ0n) is 20.6. The Morgan fingerprint density at radius 3 is 1.83 bits per heavy atom. The summed E-state index contributed by atoms with van der Waals surface area (Å²) in [5, 5.41) is 7.80. The van der Waals surface area contributed by atoms with Gasteiger partial charge in [0.2, 0.25) is 0 Å². The summed E-state index contributed by atoms with van der Waals surface area (Å²) in [7, 11) is 0. The Hall–Kier alpha value is -1.64. The molecule has 2 nitrogen and oxygen atoms in total. The predicted molar refractivity (Wildman–Crippen MR) is 132 cm³/mol. The van der Waals surface area contributed by atoms with Gasteiger partial charge in [0.25, 0.3) is 0 Å². The molecule has 2 heteroatoms. The second-order valence-electron chi connectivity index (χ2n) is 10.8. The van der Waals surface area contributed by atoms with Gasteiger partial charge in [0, 0.05) is 23.2 Å². The van der Waals surface area contributed by atoms with Crippen molar-refractivity contribution in [3.8, 4) is 0 Å². The van der Waals surface area contributed by atoms with Crippen molar-refractivity contribution in [2.75, 3.05) is 0 Å². The van der Waals surface area contributed by atoms with E-state index in [0.717, 1.165) is 6.42 Å². The van der Waals surface area contributed by atoms with E-state index < -0.39 is 0 Å². The summed E-state index contributed by atoms with van der Waals surface area (Å²) in [6.07, 6.45) is 4.63. The third kappa shape index (κ3) is 7.89. The highest BCUT2D eigenvalue weighted by molar-refractivity contribution is 5.35. The average molecular weight is 409 g/mol. The Kier molecular flexibility index (Phi) is 8.70. The first-order valence-electron chi connectivity index (χ1n) is 11.7. The Bertz CT molecular complexity index is 780. The molecule has 0 fully saturated rings. The lowest BCUT2D eigenvalue weighted by Crippen LogP contribution is -2.41. The van der Waals surface area contributed by atoms with Crippen LogP contribution in [0, 0.1) is 6.92 Å². The molecule has 0 amide bonds. The topological polar surface area (TPSA) is 24.1 Å². The van der Waals surface area contributed by atoms with Crippen molar-refractivity contribution in [3.05, 3.63) is 70.8 Å². The molecule has 2 N–H and O–H groups in total. The van der Waals surface area contributed by atoms with Crippen molar-refractivity contribution < 1.29 is 0 Å². The third-order valence-electron chi connectivity index (χ3n) is 5.48. The lowest BCUT2D eigenvalue weighted by Gasteiger charge is -2.33. The highest BCUT2D eigenvalue weighted by Crippen LogP contribution is 2.30. The fourth-order valence-electron chi connectivity index (χ4n) is 4.26. The Balaban J connectivity index is 2.42. The number of hydrogen-bond acceptors (Lipinski definition) is 2. The normalized spacial score (nSPS) is 14.5. The molecule has 0 aliphatic heterocycles. The van der Waals surface area contributed by atoms with Crippen LogP contribution in [-0.2, 0) is 6.42 Å². The molecule has 0 saturated carbocycles. The van der Waals surface area contributed by atoms with E-state index in [9.17, 15) is 0 Å². The van der Waals surface area contributed by atoms with Gasteiger partial charge < -0.3 is 10.6 Å². The quantitative estimate of drug-likeness (QED) is 0.455. The van der Waals surface area contributed by atoms with Crippen LogP contribution in [0.25, 0.3) is 0 Å². The smallest absolute Gasteiger partial charge is 0.0367 e. The van der Waals surface area contributed by atoms with Crippen LogP contribution in [0.3, 0.4) is 0 Å². The molecule has 2 aromatic carbocycles. The monoisotopic (exact) mass is 408 g/mol. The Morgan fingerprint density at radius 1 is 0.733 bits per heavy atom. The molecule has 0 aliphatic rings. The summed E-state index contributed by atoms with van der Waals surface area (Å²) in [5.41, 5.74) is 5.79. The van der Waals surface area contributed by atoms with Crippen molar-refractivity contribution in [2.24, 2.45) is 0 Å². The fourth-order valence-corrected chi connectivity index (χ4v) is 4.26. The molecule has 2 atom stereocenters. The molecule has 30 heavy (non-hydrogen) atoms. The largest absolute Gasteiger partial charge is 0.305 e. The minimum atomic E-state index is 0.0488. The molecule has 0 aliphatic carbocycles. The van der Waals surface area contributed by atoms with Crippen LogP contribution in [0.5, 0.6) is 0 Å². The van der Waals surface area contributed by atoms with Gasteiger partial charge in [-0.2, -0.15) is 0 Å². The van der Waals surface area contributed by atoms with Gasteiger partial charge in [0.1, 0.15) is 0 Å². The first-order valence-corrected chi connectivity index (χ1v) is 11.7. The van der Waals surface area contributed by atoms with E-state index in [1.807, 2.05) is 0 Å². The number of aryl methyl sites for hydroxylation is 1. The second kappa shape index (κ2) is 10.6. The number of rotatable bonds is 9. The van der Waals surface area contributed by atoms with Gasteiger partial charge in [0.05, 0.1) is 0 Å². The van der Waals surface area contributed by atoms with Gasteiger partial charge in [-0.3, -0.25) is 0 Å². The molecular weight excluding hydrogens is 364 g/mol. The molecule has 0 saturated heterocycles. The van der Waals surface area contributed by atoms with Crippen molar-refractivity contribution in [1.82, 2.24) is 10.6 Å². The van der Waals surface area contributed by atoms with E-state index in [2.05, 4.69) is 115 Å². The van der Waals surface area contributed by atoms with E-state index in [1.165, 1.54) is 41.5 Å². The first-order chi connectivity index (χ1) is 14.0. The molecule has 166 valence electrons. The molecule has 2 unspecified atom stereocenters. The minimum absolute atomic E-state index is 0.0488. The van der Waals surface area contributed by atoms with Gasteiger partial charge >= 0.3 is 0 Å². The van der Waals surface area contributed by atoms with Crippen LogP contribution in [0.2, 0.25) is 0 Å². The van der Waals surface area contributed by atoms with Crippen molar-refractivity contribution in [1.29, 1.82) is 0 Å². The number of nitrogens with one attached hydrogen (secondary N) is 2. The second-order valence-corrected chi connectivity index (χ2v) is 10.8. The molecule has 0 spiro atoms. The van der Waals surface area contributed by atoms with Crippen molar-refractivity contribution >= 4 is 0 Å². The van der Waals surface area contributed by atoms with Crippen LogP contribution in [0.1, 0.15) is 102 Å². The summed E-state index contributed by atoms with van der Waals surface area (Å²) >= 11 is 0. The first kappa shape index (κ1) is 24.6. The Morgan fingerprint density at radius 2 is 1.27 bits per heavy atom. The lowest BCUT2D eigenvalue weighted by atomic mass is 9.87. The maximum atomic E-state index is 3.90. The molecular formula is C28H44N2. The highest BCUT2D eigenvalue weighted by atomic mass is 15.0. The highest BCUT2D eigenvalue weighted by Gasteiger charge is 2.25. The fraction of sp³-hybridized carbons (Fsp3) is 0.571. The van der Waals surface area contributed by atoms with Crippen LogP contribution in [0.15, 0.2) is 48.5 Å². The van der Waals surface area contributed by atoms with Gasteiger partial charge in [-0.05, 0) is 83.6 Å². The number of unbranched alkanes of at least 4 members (excludes halogenated alkanes) is 1. The zero-order chi connectivity index (χ0) is 22.4. The molecule has 0 radical (unpaired) electrons. The van der Waals surface area contributed by atoms with Crippen LogP contribution in [-0.4, -0.2) is 11.1 Å². The van der Waals surface area contributed by atoms with Gasteiger partial charge in [-0.15, -0.1) is 0 Å². The standard InChI is InChI=1S/C28H44N2/c1-9-10-19-25(29-27(3,4)5)24-18-14-12-16-22(24)20-26(30-28(6,7)8)23-17-13-11-15-21(23)2/h11-18,25-26,29-30H,9-10,19-20H2,1-8H3. The van der Waals surface area contributed by atoms with E-state index in [-0.39, 0.29) is 17.1 Å². The van der Waals surface area contributed by atoms with Gasteiger partial charge in [-0.25, -0.2) is 0 Å². The minimum Gasteiger partial charge on any atom is -0.305 e. The summed E-state index contributed by atoms with van der Waals surface area (Å²) in [5.74, 6) is 0. The Labute approximate surface area is 185 Å². The number of benzene rings is 2. The van der Waals surface area contributed by atoms with Crippen LogP contribution < -0.4 is 10.6 Å². The molecule has 2 aromatic rings. The van der Waals surface area contributed by atoms with Crippen LogP contribution >= 0.6 is 0 Å². The van der Waals surface area contributed by atoms with E-state index in [4.69, 9.17) is 0 Å². The average Bonchev–Trinajstić information content (AvgIpc) is 2.63. The summed E-state index contributed by atoms with van der Waals surface area (Å²) in [6.45, 7) is 18.1. The van der Waals surface area contributed by atoms with E-state index in [0.29, 0.717) is 6.04 Å². The maximum absolute atomic E-state index is 3.90. The van der Waals surface area contributed by atoms with E-state index >= 15 is 0 Å². The third-order valence-corrected chi connectivity index (χ3v) is 5.48. The molecule has 0 bridgehead atoms. The van der Waals surface area contributed by atoms with Crippen LogP contribution in [0.4, 0.5) is 0 Å².